The van der Waals surface area contributed by atoms with Crippen LogP contribution in [0.25, 0.3) is 33.8 Å². The predicted molar refractivity (Wildman–Crippen MR) is 132 cm³/mol. The fourth-order valence-electron chi connectivity index (χ4n) is 5.70. The van der Waals surface area contributed by atoms with Crippen molar-refractivity contribution < 1.29 is 4.79 Å². The summed E-state index contributed by atoms with van der Waals surface area (Å²) in [4.78, 5) is 19.5. The first-order valence-corrected chi connectivity index (χ1v) is 12.3. The maximum atomic E-state index is 12.2. The number of benzene rings is 1. The third-order valence-electron chi connectivity index (χ3n) is 7.73. The Bertz CT molecular complexity index is 1420. The number of likely N-dealkylation sites (tertiary alicyclic amines) is 1. The molecule has 3 N–H and O–H groups in total. The summed E-state index contributed by atoms with van der Waals surface area (Å²) in [6.07, 6.45) is 1.85. The number of nitrogens with zero attached hydrogens (tertiary/aromatic N) is 7. The highest BCUT2D eigenvalue weighted by atomic mass is 16.1. The van der Waals surface area contributed by atoms with Crippen LogP contribution < -0.4 is 5.73 Å². The number of nitrogens with two attached hydrogens (primary N) is 1. The molecule has 35 heavy (non-hydrogen) atoms. The van der Waals surface area contributed by atoms with Crippen LogP contribution in [0.15, 0.2) is 24.4 Å². The van der Waals surface area contributed by atoms with Gasteiger partial charge in [-0.1, -0.05) is 0 Å². The average molecular weight is 474 g/mol. The second-order valence-corrected chi connectivity index (χ2v) is 10.2. The van der Waals surface area contributed by atoms with E-state index in [0.29, 0.717) is 29.2 Å². The third kappa shape index (κ3) is 3.63. The van der Waals surface area contributed by atoms with E-state index >= 15 is 0 Å². The van der Waals surface area contributed by atoms with Crippen LogP contribution in [0.3, 0.4) is 0 Å². The lowest BCUT2D eigenvalue weighted by Gasteiger charge is -2.23. The van der Waals surface area contributed by atoms with E-state index in [1.54, 1.807) is 6.07 Å². The first kappa shape index (κ1) is 22.0. The monoisotopic (exact) mass is 473 g/mol. The van der Waals surface area contributed by atoms with E-state index in [4.69, 9.17) is 15.8 Å². The normalized spacial score (nSPS) is 21.8. The minimum absolute atomic E-state index is 0.428. The molecule has 1 aliphatic carbocycles. The van der Waals surface area contributed by atoms with Crippen LogP contribution in [0, 0.1) is 24.7 Å². The van der Waals surface area contributed by atoms with E-state index in [9.17, 15) is 4.79 Å². The number of rotatable bonds is 7. The number of primary amides is 1. The minimum atomic E-state index is -0.479. The van der Waals surface area contributed by atoms with Gasteiger partial charge in [-0.05, 0) is 63.6 Å². The standard InChI is InChI=1S/C25H31N9O/c1-5-33-22(6-14(4)31-33)25-28-24(29-30-25)16-7-15(23(26)35)8-21-17(16)9-27-34(21)12-20-18-10-32(13(2)3)11-19(18)20/h6-9,13,18-20H,5,10-12H2,1-4H3,(H2,26,35)(H,28,29,30). The molecule has 1 saturated heterocycles. The number of H-pyrrole nitrogens is 1. The summed E-state index contributed by atoms with van der Waals surface area (Å²) in [5.41, 5.74) is 9.56. The number of carbonyl (C=O) groups is 1. The number of amides is 1. The van der Waals surface area contributed by atoms with Crippen molar-refractivity contribution >= 4 is 16.8 Å². The fraction of sp³-hybridized carbons (Fsp3) is 0.480. The third-order valence-corrected chi connectivity index (χ3v) is 7.73. The van der Waals surface area contributed by atoms with Crippen molar-refractivity contribution in [3.05, 3.63) is 35.7 Å². The van der Waals surface area contributed by atoms with Crippen molar-refractivity contribution in [2.45, 2.75) is 46.8 Å². The summed E-state index contributed by atoms with van der Waals surface area (Å²) in [5.74, 6) is 2.75. The molecule has 2 fully saturated rings. The zero-order chi connectivity index (χ0) is 24.4. The molecule has 4 heterocycles. The lowest BCUT2D eigenvalue weighted by Crippen LogP contribution is -2.31. The zero-order valence-electron chi connectivity index (χ0n) is 20.6. The van der Waals surface area contributed by atoms with Gasteiger partial charge < -0.3 is 10.6 Å². The number of aromatic amines is 1. The molecule has 10 nitrogen and oxygen atoms in total. The van der Waals surface area contributed by atoms with E-state index in [0.717, 1.165) is 65.9 Å². The molecule has 0 bridgehead atoms. The van der Waals surface area contributed by atoms with Crippen LogP contribution in [0.1, 0.15) is 36.8 Å². The molecule has 1 aliphatic heterocycles. The van der Waals surface area contributed by atoms with Gasteiger partial charge in [0.05, 0.1) is 17.4 Å². The highest BCUT2D eigenvalue weighted by molar-refractivity contribution is 6.02. The lowest BCUT2D eigenvalue weighted by molar-refractivity contribution is 0.100. The molecule has 0 radical (unpaired) electrons. The number of piperidine rings is 1. The Hall–Kier alpha value is -3.53. The molecular formula is C25H31N9O. The second kappa shape index (κ2) is 8.01. The Morgan fingerprint density at radius 1 is 1.20 bits per heavy atom. The SMILES string of the molecule is CCn1nc(C)cc1-c1nc(-c2cc(C(N)=O)cc3c2cnn3CC2C3CN(C(C)C)CC32)n[nH]1. The minimum Gasteiger partial charge on any atom is -0.366 e. The summed E-state index contributed by atoms with van der Waals surface area (Å²) in [7, 11) is 0. The van der Waals surface area contributed by atoms with Gasteiger partial charge in [-0.2, -0.15) is 15.3 Å². The predicted octanol–water partition coefficient (Wildman–Crippen LogP) is 2.70. The van der Waals surface area contributed by atoms with Gasteiger partial charge in [0.1, 0.15) is 5.69 Å². The maximum absolute atomic E-state index is 12.2. The van der Waals surface area contributed by atoms with E-state index in [-0.39, 0.29) is 0 Å². The fourth-order valence-corrected chi connectivity index (χ4v) is 5.70. The highest BCUT2D eigenvalue weighted by Crippen LogP contribution is 2.53. The molecule has 2 atom stereocenters. The van der Waals surface area contributed by atoms with Crippen molar-refractivity contribution in [3.8, 4) is 22.9 Å². The summed E-state index contributed by atoms with van der Waals surface area (Å²) < 4.78 is 3.91. The molecule has 1 amide bonds. The van der Waals surface area contributed by atoms with Crippen LogP contribution >= 0.6 is 0 Å². The van der Waals surface area contributed by atoms with Crippen molar-refractivity contribution in [1.82, 2.24) is 39.6 Å². The van der Waals surface area contributed by atoms with Crippen LogP contribution in [0.2, 0.25) is 0 Å². The molecule has 6 rings (SSSR count). The number of hydrogen-bond donors (Lipinski definition) is 2. The highest BCUT2D eigenvalue weighted by Gasteiger charge is 2.55. The van der Waals surface area contributed by atoms with Gasteiger partial charge >= 0.3 is 0 Å². The second-order valence-electron chi connectivity index (χ2n) is 10.2. The van der Waals surface area contributed by atoms with Gasteiger partial charge in [0.2, 0.25) is 5.91 Å². The van der Waals surface area contributed by atoms with Gasteiger partial charge in [-0.15, -0.1) is 0 Å². The molecule has 10 heteroatoms. The number of carbonyl (C=O) groups excluding carboxylic acids is 1. The van der Waals surface area contributed by atoms with Crippen molar-refractivity contribution in [2.24, 2.45) is 23.5 Å². The molecule has 0 spiro atoms. The Morgan fingerprint density at radius 3 is 2.66 bits per heavy atom. The number of fused-ring (bicyclic) bond motifs is 2. The summed E-state index contributed by atoms with van der Waals surface area (Å²) in [5, 5.41) is 17.6. The molecule has 182 valence electrons. The molecule has 1 saturated carbocycles. The summed E-state index contributed by atoms with van der Waals surface area (Å²) in [6.45, 7) is 12.4. The number of hydrogen-bond acceptors (Lipinski definition) is 6. The summed E-state index contributed by atoms with van der Waals surface area (Å²) in [6, 6.07) is 6.18. The first-order valence-electron chi connectivity index (χ1n) is 12.3. The summed E-state index contributed by atoms with van der Waals surface area (Å²) >= 11 is 0. The Morgan fingerprint density at radius 2 is 1.97 bits per heavy atom. The average Bonchev–Trinajstić information content (AvgIpc) is 3.41. The molecular weight excluding hydrogens is 442 g/mol. The number of aryl methyl sites for hydroxylation is 2. The zero-order valence-corrected chi connectivity index (χ0v) is 20.6. The Labute approximate surface area is 203 Å². The van der Waals surface area contributed by atoms with E-state index in [1.165, 1.54) is 0 Å². The molecule has 1 aromatic carbocycles. The Kier molecular flexibility index (Phi) is 5.03. The smallest absolute Gasteiger partial charge is 0.248 e. The molecule has 3 aromatic heterocycles. The molecule has 2 unspecified atom stereocenters. The Balaban J connectivity index is 1.34. The van der Waals surface area contributed by atoms with E-state index in [2.05, 4.69) is 34.0 Å². The van der Waals surface area contributed by atoms with Gasteiger partial charge in [0, 0.05) is 48.7 Å². The van der Waals surface area contributed by atoms with Crippen LogP contribution in [-0.4, -0.2) is 64.7 Å². The lowest BCUT2D eigenvalue weighted by atomic mass is 10.0. The molecule has 2 aliphatic rings. The maximum Gasteiger partial charge on any atom is 0.248 e. The molecule has 4 aromatic rings. The van der Waals surface area contributed by atoms with Gasteiger partial charge in [0.25, 0.3) is 0 Å². The largest absolute Gasteiger partial charge is 0.366 e. The quantitative estimate of drug-likeness (QED) is 0.425. The van der Waals surface area contributed by atoms with Crippen molar-refractivity contribution in [3.63, 3.8) is 0 Å². The van der Waals surface area contributed by atoms with Crippen molar-refractivity contribution in [1.29, 1.82) is 0 Å². The van der Waals surface area contributed by atoms with Gasteiger partial charge in [-0.25, -0.2) is 4.98 Å². The number of aromatic nitrogens is 7. The number of nitrogens with one attached hydrogen (secondary N) is 1. The van der Waals surface area contributed by atoms with Crippen LogP contribution in [-0.2, 0) is 13.1 Å². The van der Waals surface area contributed by atoms with Gasteiger partial charge in [0.15, 0.2) is 11.6 Å². The van der Waals surface area contributed by atoms with E-state index < -0.39 is 5.91 Å². The van der Waals surface area contributed by atoms with Gasteiger partial charge in [-0.3, -0.25) is 19.3 Å². The topological polar surface area (TPSA) is 124 Å². The van der Waals surface area contributed by atoms with Crippen LogP contribution in [0.4, 0.5) is 0 Å². The van der Waals surface area contributed by atoms with Crippen LogP contribution in [0.5, 0.6) is 0 Å². The van der Waals surface area contributed by atoms with Crippen molar-refractivity contribution in [2.75, 3.05) is 13.1 Å². The van der Waals surface area contributed by atoms with E-state index in [1.807, 2.05) is 41.5 Å². The first-order chi connectivity index (χ1) is 16.8.